The van der Waals surface area contributed by atoms with Gasteiger partial charge in [0.05, 0.1) is 0 Å². The first kappa shape index (κ1) is 14.2. The van der Waals surface area contributed by atoms with Gasteiger partial charge in [-0.2, -0.15) is 0 Å². The van der Waals surface area contributed by atoms with E-state index in [0.29, 0.717) is 11.5 Å². The zero-order valence-corrected chi connectivity index (χ0v) is 12.3. The first-order chi connectivity index (χ1) is 9.16. The molecule has 0 bridgehead atoms. The first-order valence-electron chi connectivity index (χ1n) is 6.70. The second kappa shape index (κ2) is 6.83. The lowest BCUT2D eigenvalue weighted by Crippen LogP contribution is -2.16. The summed E-state index contributed by atoms with van der Waals surface area (Å²) < 4.78 is 13.8. The molecule has 102 valence electrons. The van der Waals surface area contributed by atoms with Crippen LogP contribution in [0.3, 0.4) is 0 Å². The van der Waals surface area contributed by atoms with E-state index in [0.717, 1.165) is 23.5 Å². The smallest absolute Gasteiger partial charge is 0.131 e. The summed E-state index contributed by atoms with van der Waals surface area (Å²) in [6.45, 7) is 6.23. The van der Waals surface area contributed by atoms with Crippen LogP contribution in [0.4, 0.5) is 4.39 Å². The Morgan fingerprint density at radius 1 is 1.26 bits per heavy atom. The van der Waals surface area contributed by atoms with Crippen LogP contribution in [0.25, 0.3) is 10.4 Å². The van der Waals surface area contributed by atoms with Crippen molar-refractivity contribution in [3.05, 3.63) is 47.1 Å². The highest BCUT2D eigenvalue weighted by Crippen LogP contribution is 2.28. The predicted molar refractivity (Wildman–Crippen MR) is 80.9 cm³/mol. The molecule has 0 aliphatic heterocycles. The van der Waals surface area contributed by atoms with Gasteiger partial charge in [0.1, 0.15) is 5.82 Å². The van der Waals surface area contributed by atoms with E-state index in [-0.39, 0.29) is 5.82 Å². The maximum absolute atomic E-state index is 13.8. The second-order valence-corrected chi connectivity index (χ2v) is 6.10. The van der Waals surface area contributed by atoms with Crippen molar-refractivity contribution in [2.45, 2.75) is 26.8 Å². The summed E-state index contributed by atoms with van der Waals surface area (Å²) in [6, 6.07) is 9.28. The van der Waals surface area contributed by atoms with Gasteiger partial charge in [-0.15, -0.1) is 11.3 Å². The molecule has 0 aliphatic carbocycles. The van der Waals surface area contributed by atoms with Crippen LogP contribution in [0, 0.1) is 11.7 Å². The Bertz CT molecular complexity index is 505. The number of thiophene rings is 1. The minimum absolute atomic E-state index is 0.145. The lowest BCUT2D eigenvalue weighted by Gasteiger charge is -2.08. The fourth-order valence-electron chi connectivity index (χ4n) is 1.93. The topological polar surface area (TPSA) is 12.0 Å². The molecule has 19 heavy (non-hydrogen) atoms. The van der Waals surface area contributed by atoms with Crippen molar-refractivity contribution in [2.24, 2.45) is 5.92 Å². The van der Waals surface area contributed by atoms with Crippen LogP contribution in [-0.4, -0.2) is 6.54 Å². The molecule has 0 amide bonds. The molecule has 0 spiro atoms. The summed E-state index contributed by atoms with van der Waals surface area (Å²) in [5, 5.41) is 5.38. The molecule has 0 radical (unpaired) electrons. The van der Waals surface area contributed by atoms with E-state index in [9.17, 15) is 4.39 Å². The number of hydrogen-bond donors (Lipinski definition) is 1. The first-order valence-corrected chi connectivity index (χ1v) is 7.58. The van der Waals surface area contributed by atoms with Gasteiger partial charge in [-0.25, -0.2) is 4.39 Å². The van der Waals surface area contributed by atoms with Crippen molar-refractivity contribution in [1.29, 1.82) is 0 Å². The van der Waals surface area contributed by atoms with Gasteiger partial charge in [-0.05, 0) is 48.0 Å². The Morgan fingerprint density at radius 3 is 2.79 bits per heavy atom. The van der Waals surface area contributed by atoms with E-state index in [1.54, 1.807) is 17.4 Å². The summed E-state index contributed by atoms with van der Waals surface area (Å²) in [7, 11) is 0. The fraction of sp³-hybridized carbons (Fsp3) is 0.375. The molecule has 0 aliphatic rings. The van der Waals surface area contributed by atoms with E-state index >= 15 is 0 Å². The molecule has 0 atom stereocenters. The molecule has 3 heteroatoms. The van der Waals surface area contributed by atoms with Gasteiger partial charge in [-0.1, -0.05) is 26.0 Å². The largest absolute Gasteiger partial charge is 0.313 e. The highest BCUT2D eigenvalue weighted by Gasteiger charge is 2.07. The van der Waals surface area contributed by atoms with E-state index in [1.165, 1.54) is 6.42 Å². The van der Waals surface area contributed by atoms with Gasteiger partial charge in [0.25, 0.3) is 0 Å². The van der Waals surface area contributed by atoms with Gasteiger partial charge in [-0.3, -0.25) is 0 Å². The summed E-state index contributed by atoms with van der Waals surface area (Å²) in [4.78, 5) is 0.988. The van der Waals surface area contributed by atoms with Crippen LogP contribution in [0.15, 0.2) is 35.7 Å². The molecule has 1 nitrogen and oxygen atoms in total. The Hall–Kier alpha value is -1.19. The zero-order chi connectivity index (χ0) is 13.7. The van der Waals surface area contributed by atoms with Crippen LogP contribution in [0.1, 0.15) is 25.8 Å². The molecular formula is C16H20FNS. The number of halogens is 1. The van der Waals surface area contributed by atoms with Crippen molar-refractivity contribution in [3.8, 4) is 10.4 Å². The molecule has 0 unspecified atom stereocenters. The van der Waals surface area contributed by atoms with Crippen LogP contribution < -0.4 is 5.32 Å². The molecule has 0 saturated heterocycles. The lowest BCUT2D eigenvalue weighted by atomic mass is 10.1. The lowest BCUT2D eigenvalue weighted by molar-refractivity contribution is 0.537. The highest BCUT2D eigenvalue weighted by molar-refractivity contribution is 7.13. The normalized spacial score (nSPS) is 11.2. The Labute approximate surface area is 118 Å². The van der Waals surface area contributed by atoms with Crippen molar-refractivity contribution < 1.29 is 4.39 Å². The molecule has 0 saturated carbocycles. The number of hydrogen-bond acceptors (Lipinski definition) is 2. The molecule has 2 aromatic rings. The van der Waals surface area contributed by atoms with Crippen LogP contribution in [0.5, 0.6) is 0 Å². The third-order valence-electron chi connectivity index (χ3n) is 3.04. The van der Waals surface area contributed by atoms with E-state index in [1.807, 2.05) is 29.6 Å². The van der Waals surface area contributed by atoms with Crippen molar-refractivity contribution in [2.75, 3.05) is 6.54 Å². The molecule has 0 fully saturated rings. The Kier molecular flexibility index (Phi) is 5.11. The van der Waals surface area contributed by atoms with Crippen molar-refractivity contribution >= 4 is 11.3 Å². The van der Waals surface area contributed by atoms with Crippen LogP contribution in [-0.2, 0) is 6.54 Å². The summed E-state index contributed by atoms with van der Waals surface area (Å²) in [5.41, 5.74) is 1.84. The van der Waals surface area contributed by atoms with Gasteiger partial charge >= 0.3 is 0 Å². The fourth-order valence-corrected chi connectivity index (χ4v) is 2.67. The number of rotatable bonds is 6. The molecular weight excluding hydrogens is 257 g/mol. The van der Waals surface area contributed by atoms with Gasteiger partial charge in [0.15, 0.2) is 0 Å². The van der Waals surface area contributed by atoms with Crippen molar-refractivity contribution in [3.63, 3.8) is 0 Å². The summed E-state index contributed by atoms with van der Waals surface area (Å²) >= 11 is 1.57. The molecule has 1 N–H and O–H groups in total. The van der Waals surface area contributed by atoms with Gasteiger partial charge in [0, 0.05) is 17.0 Å². The Balaban J connectivity index is 2.01. The zero-order valence-electron chi connectivity index (χ0n) is 11.4. The molecule has 1 aromatic heterocycles. The minimum Gasteiger partial charge on any atom is -0.313 e. The number of nitrogens with one attached hydrogen (secondary N) is 1. The highest BCUT2D eigenvalue weighted by atomic mass is 32.1. The Morgan fingerprint density at radius 2 is 2.11 bits per heavy atom. The third-order valence-corrected chi connectivity index (χ3v) is 3.95. The van der Waals surface area contributed by atoms with E-state index < -0.39 is 0 Å². The maximum Gasteiger partial charge on any atom is 0.131 e. The second-order valence-electron chi connectivity index (χ2n) is 5.15. The average molecular weight is 277 g/mol. The molecule has 1 heterocycles. The summed E-state index contributed by atoms with van der Waals surface area (Å²) in [5.74, 6) is 0.566. The minimum atomic E-state index is -0.145. The monoisotopic (exact) mass is 277 g/mol. The SMILES string of the molecule is CC(C)CCNCc1ccc(F)c(-c2cccs2)c1. The van der Waals surface area contributed by atoms with Gasteiger partial charge in [0.2, 0.25) is 0 Å². The van der Waals surface area contributed by atoms with Crippen LogP contribution in [0.2, 0.25) is 0 Å². The predicted octanol–water partition coefficient (Wildman–Crippen LogP) is 4.69. The van der Waals surface area contributed by atoms with E-state index in [2.05, 4.69) is 19.2 Å². The quantitative estimate of drug-likeness (QED) is 0.755. The van der Waals surface area contributed by atoms with Crippen molar-refractivity contribution in [1.82, 2.24) is 5.32 Å². The van der Waals surface area contributed by atoms with E-state index in [4.69, 9.17) is 0 Å². The van der Waals surface area contributed by atoms with Crippen LogP contribution >= 0.6 is 11.3 Å². The number of benzene rings is 1. The molecule has 1 aromatic carbocycles. The third kappa shape index (κ3) is 4.15. The average Bonchev–Trinajstić information content (AvgIpc) is 2.90. The standard InChI is InChI=1S/C16H20FNS/c1-12(2)7-8-18-11-13-5-6-15(17)14(10-13)16-4-3-9-19-16/h3-6,9-10,12,18H,7-8,11H2,1-2H3. The maximum atomic E-state index is 13.8. The molecule has 2 rings (SSSR count). The van der Waals surface area contributed by atoms with Gasteiger partial charge < -0.3 is 5.32 Å². The summed E-state index contributed by atoms with van der Waals surface area (Å²) in [6.07, 6.45) is 1.17.